The van der Waals surface area contributed by atoms with E-state index in [1.54, 1.807) is 0 Å². The van der Waals surface area contributed by atoms with Gasteiger partial charge >= 0.3 is 0 Å². The number of benzene rings is 1. The zero-order valence-electron chi connectivity index (χ0n) is 9.41. The standard InChI is InChI=1S/C12H7ClF2N2S2/c13-11-2-1-6(19-11)5-18-12-16-9-3-7(14)8(15)4-10(9)17-12/h1-4H,5H2,(H,16,17). The Morgan fingerprint density at radius 3 is 2.79 bits per heavy atom. The molecular formula is C12H7ClF2N2S2. The van der Waals surface area contributed by atoms with Crippen LogP contribution in [-0.4, -0.2) is 9.97 Å². The summed E-state index contributed by atoms with van der Waals surface area (Å²) in [5, 5.41) is 0.629. The van der Waals surface area contributed by atoms with Crippen LogP contribution in [-0.2, 0) is 5.75 Å². The summed E-state index contributed by atoms with van der Waals surface area (Å²) >= 11 is 8.81. The number of imidazole rings is 1. The molecule has 3 aromatic rings. The first kappa shape index (κ1) is 12.9. The molecule has 0 aliphatic heterocycles. The number of hydrogen-bond acceptors (Lipinski definition) is 3. The lowest BCUT2D eigenvalue weighted by atomic mass is 10.3. The quantitative estimate of drug-likeness (QED) is 0.700. The number of aromatic amines is 1. The second-order valence-electron chi connectivity index (χ2n) is 3.82. The fraction of sp³-hybridized carbons (Fsp3) is 0.0833. The third-order valence-corrected chi connectivity index (χ3v) is 4.82. The van der Waals surface area contributed by atoms with Crippen molar-refractivity contribution in [2.24, 2.45) is 0 Å². The Hall–Kier alpha value is -1.11. The number of halogens is 3. The number of hydrogen-bond donors (Lipinski definition) is 1. The highest BCUT2D eigenvalue weighted by molar-refractivity contribution is 7.98. The summed E-state index contributed by atoms with van der Waals surface area (Å²) in [6, 6.07) is 5.99. The molecular weight excluding hydrogens is 310 g/mol. The van der Waals surface area contributed by atoms with Crippen LogP contribution >= 0.6 is 34.7 Å². The molecule has 0 radical (unpaired) electrons. The van der Waals surface area contributed by atoms with Crippen molar-refractivity contribution in [2.75, 3.05) is 0 Å². The van der Waals surface area contributed by atoms with Gasteiger partial charge in [0.25, 0.3) is 0 Å². The van der Waals surface area contributed by atoms with E-state index in [1.165, 1.54) is 23.1 Å². The van der Waals surface area contributed by atoms with Crippen LogP contribution in [0.5, 0.6) is 0 Å². The minimum atomic E-state index is -0.888. The third-order valence-electron chi connectivity index (χ3n) is 2.48. The number of fused-ring (bicyclic) bond motifs is 1. The largest absolute Gasteiger partial charge is 0.333 e. The summed E-state index contributed by atoms with van der Waals surface area (Å²) in [7, 11) is 0. The predicted molar refractivity (Wildman–Crippen MR) is 74.9 cm³/mol. The van der Waals surface area contributed by atoms with Gasteiger partial charge in [-0.15, -0.1) is 11.3 Å². The lowest BCUT2D eigenvalue weighted by molar-refractivity contribution is 0.510. The van der Waals surface area contributed by atoms with E-state index in [4.69, 9.17) is 11.6 Å². The van der Waals surface area contributed by atoms with Crippen molar-refractivity contribution >= 4 is 45.7 Å². The summed E-state index contributed by atoms with van der Waals surface area (Å²) < 4.78 is 26.9. The fourth-order valence-corrected chi connectivity index (χ4v) is 3.63. The molecule has 0 aliphatic rings. The normalized spacial score (nSPS) is 11.3. The maximum atomic E-state index is 13.1. The molecule has 0 saturated heterocycles. The molecule has 0 fully saturated rings. The van der Waals surface area contributed by atoms with E-state index in [9.17, 15) is 8.78 Å². The molecule has 0 aliphatic carbocycles. The van der Waals surface area contributed by atoms with E-state index < -0.39 is 11.6 Å². The van der Waals surface area contributed by atoms with Crippen LogP contribution in [0, 0.1) is 11.6 Å². The van der Waals surface area contributed by atoms with Crippen molar-refractivity contribution < 1.29 is 8.78 Å². The summed E-state index contributed by atoms with van der Waals surface area (Å²) in [4.78, 5) is 8.28. The Morgan fingerprint density at radius 2 is 2.05 bits per heavy atom. The fourth-order valence-electron chi connectivity index (χ4n) is 1.62. The Kier molecular flexibility index (Phi) is 3.47. The van der Waals surface area contributed by atoms with Crippen molar-refractivity contribution in [3.05, 3.63) is 45.1 Å². The minimum Gasteiger partial charge on any atom is -0.333 e. The van der Waals surface area contributed by atoms with E-state index >= 15 is 0 Å². The van der Waals surface area contributed by atoms with E-state index in [0.29, 0.717) is 21.9 Å². The number of nitrogens with one attached hydrogen (secondary N) is 1. The highest BCUT2D eigenvalue weighted by atomic mass is 35.5. The van der Waals surface area contributed by atoms with Gasteiger partial charge in [-0.2, -0.15) is 0 Å². The van der Waals surface area contributed by atoms with Crippen molar-refractivity contribution in [3.63, 3.8) is 0 Å². The summed E-state index contributed by atoms with van der Waals surface area (Å²) in [5.41, 5.74) is 0.913. The van der Waals surface area contributed by atoms with Gasteiger partial charge in [0.1, 0.15) is 0 Å². The zero-order valence-corrected chi connectivity index (χ0v) is 11.8. The second-order valence-corrected chi connectivity index (χ2v) is 6.58. The van der Waals surface area contributed by atoms with Crippen LogP contribution in [0.2, 0.25) is 4.34 Å². The predicted octanol–water partition coefficient (Wildman–Crippen LogP) is 4.85. The van der Waals surface area contributed by atoms with E-state index in [2.05, 4.69) is 9.97 Å². The van der Waals surface area contributed by atoms with Crippen LogP contribution in [0.15, 0.2) is 29.4 Å². The molecule has 98 valence electrons. The van der Waals surface area contributed by atoms with Gasteiger partial charge in [0.15, 0.2) is 16.8 Å². The Bertz CT molecular complexity index is 699. The van der Waals surface area contributed by atoms with Gasteiger partial charge in [0, 0.05) is 22.8 Å². The number of aromatic nitrogens is 2. The highest BCUT2D eigenvalue weighted by Crippen LogP contribution is 2.29. The topological polar surface area (TPSA) is 28.7 Å². The summed E-state index contributed by atoms with van der Waals surface area (Å²) in [6.07, 6.45) is 0. The molecule has 0 spiro atoms. The zero-order chi connectivity index (χ0) is 13.4. The van der Waals surface area contributed by atoms with Crippen LogP contribution in [0.25, 0.3) is 11.0 Å². The summed E-state index contributed by atoms with van der Waals surface area (Å²) in [6.45, 7) is 0. The molecule has 0 unspecified atom stereocenters. The lowest BCUT2D eigenvalue weighted by Gasteiger charge is -1.93. The van der Waals surface area contributed by atoms with Crippen molar-refractivity contribution in [3.8, 4) is 0 Å². The molecule has 0 saturated carbocycles. The Balaban J connectivity index is 1.81. The number of thioether (sulfide) groups is 1. The average Bonchev–Trinajstić information content (AvgIpc) is 2.93. The number of nitrogens with zero attached hydrogens (tertiary/aromatic N) is 1. The van der Waals surface area contributed by atoms with Gasteiger partial charge in [0.2, 0.25) is 0 Å². The molecule has 3 rings (SSSR count). The Morgan fingerprint density at radius 1 is 1.26 bits per heavy atom. The van der Waals surface area contributed by atoms with Gasteiger partial charge in [0.05, 0.1) is 15.4 Å². The van der Waals surface area contributed by atoms with Gasteiger partial charge in [-0.25, -0.2) is 13.8 Å². The average molecular weight is 317 g/mol. The van der Waals surface area contributed by atoms with Gasteiger partial charge < -0.3 is 4.98 Å². The lowest BCUT2D eigenvalue weighted by Crippen LogP contribution is -1.82. The van der Waals surface area contributed by atoms with Crippen LogP contribution in [0.4, 0.5) is 8.78 Å². The first-order valence-electron chi connectivity index (χ1n) is 5.33. The van der Waals surface area contributed by atoms with Gasteiger partial charge in [-0.05, 0) is 12.1 Å². The molecule has 0 atom stereocenters. The first-order chi connectivity index (χ1) is 9.11. The molecule has 2 nitrogen and oxygen atoms in total. The molecule has 1 N–H and O–H groups in total. The molecule has 2 heterocycles. The minimum absolute atomic E-state index is 0.422. The maximum Gasteiger partial charge on any atom is 0.166 e. The highest BCUT2D eigenvalue weighted by Gasteiger charge is 2.09. The van der Waals surface area contributed by atoms with Gasteiger partial charge in [-0.3, -0.25) is 0 Å². The number of thiophene rings is 1. The monoisotopic (exact) mass is 316 g/mol. The van der Waals surface area contributed by atoms with Crippen molar-refractivity contribution in [2.45, 2.75) is 10.9 Å². The molecule has 1 aromatic carbocycles. The Labute approximate surface area is 120 Å². The number of H-pyrrole nitrogens is 1. The maximum absolute atomic E-state index is 13.1. The van der Waals surface area contributed by atoms with Crippen LogP contribution in [0.1, 0.15) is 4.88 Å². The molecule has 2 aromatic heterocycles. The van der Waals surface area contributed by atoms with Crippen molar-refractivity contribution in [1.82, 2.24) is 9.97 Å². The SMILES string of the molecule is Fc1cc2nc(SCc3ccc(Cl)s3)[nH]c2cc1F. The molecule has 7 heteroatoms. The van der Waals surface area contributed by atoms with Gasteiger partial charge in [-0.1, -0.05) is 23.4 Å². The molecule has 0 amide bonds. The number of rotatable bonds is 3. The van der Waals surface area contributed by atoms with E-state index in [1.807, 2.05) is 12.1 Å². The van der Waals surface area contributed by atoms with E-state index in [0.717, 1.165) is 21.3 Å². The van der Waals surface area contributed by atoms with Crippen LogP contribution in [0.3, 0.4) is 0 Å². The first-order valence-corrected chi connectivity index (χ1v) is 7.51. The van der Waals surface area contributed by atoms with Crippen LogP contribution < -0.4 is 0 Å². The second kappa shape index (κ2) is 5.11. The van der Waals surface area contributed by atoms with E-state index in [-0.39, 0.29) is 0 Å². The molecule has 19 heavy (non-hydrogen) atoms. The summed E-state index contributed by atoms with van der Waals surface area (Å²) in [5.74, 6) is -1.05. The molecule has 0 bridgehead atoms. The van der Waals surface area contributed by atoms with Crippen molar-refractivity contribution in [1.29, 1.82) is 0 Å². The third kappa shape index (κ3) is 2.75. The smallest absolute Gasteiger partial charge is 0.166 e.